The lowest BCUT2D eigenvalue weighted by Gasteiger charge is -2.07. The molecule has 0 saturated carbocycles. The maximum absolute atomic E-state index is 11.0. The second-order valence-electron chi connectivity index (χ2n) is 3.77. The van der Waals surface area contributed by atoms with Crippen LogP contribution in [0, 0.1) is 17.0 Å². The van der Waals surface area contributed by atoms with Gasteiger partial charge < -0.3 is 10.1 Å². The van der Waals surface area contributed by atoms with Gasteiger partial charge in [-0.3, -0.25) is 10.1 Å². The molecule has 0 unspecified atom stereocenters. The normalized spacial score (nSPS) is 10.2. The molecule has 0 aliphatic rings. The van der Waals surface area contributed by atoms with Crippen LogP contribution in [0.5, 0.6) is 5.75 Å². The number of nitrogens with one attached hydrogen (secondary N) is 1. The molecule has 0 spiro atoms. The third-order valence-electron chi connectivity index (χ3n) is 2.53. The van der Waals surface area contributed by atoms with Crippen molar-refractivity contribution in [3.63, 3.8) is 0 Å². The van der Waals surface area contributed by atoms with E-state index < -0.39 is 4.92 Å². The Balaban J connectivity index is 2.20. The number of aromatic nitrogens is 2. The molecule has 8 heteroatoms. The first-order valence-corrected chi connectivity index (χ1v) is 6.26. The smallest absolute Gasteiger partial charge is 0.313 e. The average molecular weight is 280 g/mol. The topological polar surface area (TPSA) is 90.2 Å². The number of nitro groups is 1. The number of anilines is 1. The van der Waals surface area contributed by atoms with Gasteiger partial charge in [0.05, 0.1) is 4.92 Å². The van der Waals surface area contributed by atoms with Gasteiger partial charge in [0.25, 0.3) is 0 Å². The van der Waals surface area contributed by atoms with Crippen LogP contribution in [0.2, 0.25) is 0 Å². The fourth-order valence-electron chi connectivity index (χ4n) is 1.62. The zero-order chi connectivity index (χ0) is 13.8. The van der Waals surface area contributed by atoms with Gasteiger partial charge >= 0.3 is 5.69 Å². The Hall–Kier alpha value is -2.22. The molecule has 0 bridgehead atoms. The Morgan fingerprint density at radius 2 is 2.32 bits per heavy atom. The molecule has 0 aliphatic heterocycles. The molecule has 0 saturated heterocycles. The third kappa shape index (κ3) is 2.79. The Bertz CT molecular complexity index is 599. The Kier molecular flexibility index (Phi) is 3.91. The van der Waals surface area contributed by atoms with E-state index in [0.717, 1.165) is 5.00 Å². The highest BCUT2D eigenvalue weighted by Crippen LogP contribution is 2.31. The number of benzene rings is 1. The van der Waals surface area contributed by atoms with Crippen molar-refractivity contribution in [3.8, 4) is 5.75 Å². The first kappa shape index (κ1) is 13.2. The van der Waals surface area contributed by atoms with Gasteiger partial charge in [0.1, 0.15) is 17.3 Å². The van der Waals surface area contributed by atoms with Gasteiger partial charge in [-0.2, -0.15) is 0 Å². The van der Waals surface area contributed by atoms with Crippen LogP contribution in [0.3, 0.4) is 0 Å². The molecule has 0 atom stereocenters. The van der Waals surface area contributed by atoms with Gasteiger partial charge in [-0.1, -0.05) is 16.6 Å². The fourth-order valence-corrected chi connectivity index (χ4v) is 2.14. The monoisotopic (exact) mass is 280 g/mol. The van der Waals surface area contributed by atoms with Crippen LogP contribution in [0.1, 0.15) is 11.3 Å². The van der Waals surface area contributed by atoms with E-state index >= 15 is 0 Å². The van der Waals surface area contributed by atoms with E-state index in [1.807, 2.05) is 0 Å². The Labute approximate surface area is 113 Å². The molecule has 19 heavy (non-hydrogen) atoms. The molecule has 100 valence electrons. The van der Waals surface area contributed by atoms with Crippen LogP contribution < -0.4 is 10.1 Å². The molecular formula is C11H12N4O3S. The molecule has 7 nitrogen and oxygen atoms in total. The molecule has 1 N–H and O–H groups in total. The maximum atomic E-state index is 11.0. The lowest BCUT2D eigenvalue weighted by Crippen LogP contribution is -2.02. The van der Waals surface area contributed by atoms with E-state index in [-0.39, 0.29) is 18.0 Å². The molecule has 1 aromatic heterocycles. The van der Waals surface area contributed by atoms with E-state index in [2.05, 4.69) is 14.9 Å². The summed E-state index contributed by atoms with van der Waals surface area (Å²) >= 11 is 1.21. The quantitative estimate of drug-likeness (QED) is 0.668. The SMILES string of the molecule is CNc1snnc1COc1cccc(C)c1[N+](=O)[O-]. The number of para-hydroxylation sites is 1. The Morgan fingerprint density at radius 1 is 1.53 bits per heavy atom. The number of hydrogen-bond acceptors (Lipinski definition) is 7. The fraction of sp³-hybridized carbons (Fsp3) is 0.273. The predicted molar refractivity (Wildman–Crippen MR) is 71.6 cm³/mol. The molecule has 0 radical (unpaired) electrons. The van der Waals surface area contributed by atoms with Gasteiger partial charge in [0, 0.05) is 24.1 Å². The van der Waals surface area contributed by atoms with Gasteiger partial charge in [-0.05, 0) is 13.0 Å². The van der Waals surface area contributed by atoms with E-state index in [9.17, 15) is 10.1 Å². The summed E-state index contributed by atoms with van der Waals surface area (Å²) in [6, 6.07) is 4.97. The van der Waals surface area contributed by atoms with Crippen LogP contribution in [0.15, 0.2) is 18.2 Å². The number of hydrogen-bond donors (Lipinski definition) is 1. The zero-order valence-electron chi connectivity index (χ0n) is 10.4. The minimum atomic E-state index is -0.442. The molecule has 1 aromatic carbocycles. The van der Waals surface area contributed by atoms with Crippen molar-refractivity contribution >= 4 is 22.2 Å². The van der Waals surface area contributed by atoms with Crippen molar-refractivity contribution < 1.29 is 9.66 Å². The molecule has 2 rings (SSSR count). The van der Waals surface area contributed by atoms with Gasteiger partial charge in [0.2, 0.25) is 0 Å². The summed E-state index contributed by atoms with van der Waals surface area (Å²) in [5.74, 6) is 0.236. The molecule has 0 amide bonds. The van der Waals surface area contributed by atoms with Crippen molar-refractivity contribution in [2.45, 2.75) is 13.5 Å². The summed E-state index contributed by atoms with van der Waals surface area (Å²) in [6.07, 6.45) is 0. The second kappa shape index (κ2) is 5.61. The van der Waals surface area contributed by atoms with Crippen LogP contribution in [-0.2, 0) is 6.61 Å². The summed E-state index contributed by atoms with van der Waals surface area (Å²) in [6.45, 7) is 1.81. The third-order valence-corrected chi connectivity index (χ3v) is 3.32. The van der Waals surface area contributed by atoms with E-state index in [1.54, 1.807) is 32.2 Å². The summed E-state index contributed by atoms with van der Waals surface area (Å²) in [4.78, 5) is 10.6. The molecule has 0 aliphatic carbocycles. The maximum Gasteiger partial charge on any atom is 0.313 e. The number of aryl methyl sites for hydroxylation is 1. The first-order valence-electron chi connectivity index (χ1n) is 5.49. The largest absolute Gasteiger partial charge is 0.480 e. The van der Waals surface area contributed by atoms with Crippen molar-refractivity contribution in [3.05, 3.63) is 39.6 Å². The minimum absolute atomic E-state index is 0.0169. The van der Waals surface area contributed by atoms with Crippen LogP contribution in [-0.4, -0.2) is 21.6 Å². The van der Waals surface area contributed by atoms with Gasteiger partial charge in [-0.25, -0.2) is 0 Å². The van der Waals surface area contributed by atoms with Crippen LogP contribution >= 0.6 is 11.5 Å². The summed E-state index contributed by atoms with van der Waals surface area (Å²) in [5.41, 5.74) is 1.17. The number of rotatable bonds is 5. The van der Waals surface area contributed by atoms with Crippen molar-refractivity contribution in [2.75, 3.05) is 12.4 Å². The van der Waals surface area contributed by atoms with Gasteiger partial charge in [0.15, 0.2) is 5.75 Å². The lowest BCUT2D eigenvalue weighted by atomic mass is 10.2. The predicted octanol–water partition coefficient (Wildman–Crippen LogP) is 2.38. The zero-order valence-corrected chi connectivity index (χ0v) is 11.2. The number of nitrogens with zero attached hydrogens (tertiary/aromatic N) is 3. The van der Waals surface area contributed by atoms with Crippen molar-refractivity contribution in [1.29, 1.82) is 0 Å². The molecule has 2 aromatic rings. The van der Waals surface area contributed by atoms with Crippen LogP contribution in [0.25, 0.3) is 0 Å². The van der Waals surface area contributed by atoms with Crippen molar-refractivity contribution in [1.82, 2.24) is 9.59 Å². The highest BCUT2D eigenvalue weighted by atomic mass is 32.1. The minimum Gasteiger partial charge on any atom is -0.480 e. The molecule has 1 heterocycles. The number of ether oxygens (including phenoxy) is 1. The second-order valence-corrected chi connectivity index (χ2v) is 4.52. The highest BCUT2D eigenvalue weighted by Gasteiger charge is 2.19. The summed E-state index contributed by atoms with van der Waals surface area (Å²) < 4.78 is 9.28. The van der Waals surface area contributed by atoms with Crippen LogP contribution in [0.4, 0.5) is 10.7 Å². The number of nitro benzene ring substituents is 1. The molecular weight excluding hydrogens is 268 g/mol. The van der Waals surface area contributed by atoms with Crippen molar-refractivity contribution in [2.24, 2.45) is 0 Å². The van der Waals surface area contributed by atoms with E-state index in [0.29, 0.717) is 11.3 Å². The Morgan fingerprint density at radius 3 is 3.00 bits per heavy atom. The average Bonchev–Trinajstić information content (AvgIpc) is 2.83. The van der Waals surface area contributed by atoms with E-state index in [4.69, 9.17) is 4.74 Å². The summed E-state index contributed by atoms with van der Waals surface area (Å²) in [5, 5.41) is 18.7. The first-order chi connectivity index (χ1) is 9.13. The molecule has 0 fully saturated rings. The highest BCUT2D eigenvalue weighted by molar-refractivity contribution is 7.10. The summed E-state index contributed by atoms with van der Waals surface area (Å²) in [7, 11) is 1.76. The lowest BCUT2D eigenvalue weighted by molar-refractivity contribution is -0.386. The van der Waals surface area contributed by atoms with E-state index in [1.165, 1.54) is 11.5 Å². The standard InChI is InChI=1S/C11H12N4O3S/c1-7-4-3-5-9(10(7)15(16)17)18-6-8-11(12-2)19-14-13-8/h3-5,12H,6H2,1-2H3. The van der Waals surface area contributed by atoms with Gasteiger partial charge in [-0.15, -0.1) is 5.10 Å².